The number of carbonyl (C=O) groups excluding carboxylic acids is 2. The molecule has 146 valence electrons. The molecule has 5 nitrogen and oxygen atoms in total. The maximum absolute atomic E-state index is 12.8. The Kier molecular flexibility index (Phi) is 4.36. The van der Waals surface area contributed by atoms with Gasteiger partial charge in [0.1, 0.15) is 5.69 Å². The zero-order chi connectivity index (χ0) is 20.2. The molecule has 27 heavy (non-hydrogen) atoms. The summed E-state index contributed by atoms with van der Waals surface area (Å²) in [7, 11) is 0. The van der Waals surface area contributed by atoms with Crippen molar-refractivity contribution < 1.29 is 22.8 Å². The normalized spacial score (nSPS) is 25.0. The van der Waals surface area contributed by atoms with E-state index in [2.05, 4.69) is 4.98 Å². The number of halogens is 3. The summed E-state index contributed by atoms with van der Waals surface area (Å²) in [6.07, 6.45) is -1.56. The maximum Gasteiger partial charge on any atom is 0.433 e. The summed E-state index contributed by atoms with van der Waals surface area (Å²) in [6, 6.07) is 2.00. The molecule has 1 fully saturated rings. The number of pyridine rings is 1. The van der Waals surface area contributed by atoms with Crippen molar-refractivity contribution in [2.75, 3.05) is 13.1 Å². The molecule has 1 aliphatic heterocycles. The van der Waals surface area contributed by atoms with Crippen LogP contribution < -0.4 is 5.73 Å². The summed E-state index contributed by atoms with van der Waals surface area (Å²) >= 11 is 0. The maximum atomic E-state index is 12.8. The first-order chi connectivity index (χ1) is 12.3. The smallest absolute Gasteiger partial charge is 0.396 e. The molecular formula is C19H22F3N3O2. The summed E-state index contributed by atoms with van der Waals surface area (Å²) in [5, 5.41) is 0. The van der Waals surface area contributed by atoms with Crippen LogP contribution in [0.4, 0.5) is 13.2 Å². The van der Waals surface area contributed by atoms with Gasteiger partial charge >= 0.3 is 6.18 Å². The Morgan fingerprint density at radius 3 is 2.52 bits per heavy atom. The lowest BCUT2D eigenvalue weighted by molar-refractivity contribution is -0.141. The van der Waals surface area contributed by atoms with Crippen molar-refractivity contribution in [2.24, 2.45) is 16.6 Å². The van der Waals surface area contributed by atoms with Crippen molar-refractivity contribution in [3.8, 4) is 0 Å². The molecule has 0 aromatic carbocycles. The number of hydrogen-bond donors (Lipinski definition) is 1. The van der Waals surface area contributed by atoms with E-state index in [0.29, 0.717) is 25.9 Å². The molecule has 1 saturated heterocycles. The van der Waals surface area contributed by atoms with Gasteiger partial charge < -0.3 is 10.6 Å². The number of nitrogens with zero attached hydrogens (tertiary/aromatic N) is 2. The molecule has 0 bridgehead atoms. The van der Waals surface area contributed by atoms with Crippen LogP contribution in [0.5, 0.6) is 0 Å². The van der Waals surface area contributed by atoms with Crippen molar-refractivity contribution in [2.45, 2.75) is 39.8 Å². The molecule has 0 radical (unpaired) electrons. The number of likely N-dealkylation sites (tertiary alicyclic amines) is 1. The minimum Gasteiger partial charge on any atom is -0.396 e. The van der Waals surface area contributed by atoms with Gasteiger partial charge in [0.05, 0.1) is 17.0 Å². The predicted molar refractivity (Wildman–Crippen MR) is 92.6 cm³/mol. The van der Waals surface area contributed by atoms with Crippen LogP contribution in [-0.2, 0) is 11.0 Å². The van der Waals surface area contributed by atoms with Crippen LogP contribution in [0.2, 0.25) is 0 Å². The highest BCUT2D eigenvalue weighted by Crippen LogP contribution is 2.47. The van der Waals surface area contributed by atoms with Crippen LogP contribution in [-0.4, -0.2) is 34.7 Å². The average Bonchev–Trinajstić information content (AvgIpc) is 2.94. The first-order valence-electron chi connectivity index (χ1n) is 8.72. The van der Waals surface area contributed by atoms with Crippen molar-refractivity contribution in [3.63, 3.8) is 0 Å². The number of aromatic nitrogens is 1. The number of ketones is 1. The third-order valence-electron chi connectivity index (χ3n) is 5.41. The van der Waals surface area contributed by atoms with E-state index in [0.717, 1.165) is 6.07 Å². The largest absolute Gasteiger partial charge is 0.433 e. The molecule has 1 atom stereocenters. The van der Waals surface area contributed by atoms with E-state index >= 15 is 0 Å². The van der Waals surface area contributed by atoms with E-state index in [1.807, 2.05) is 13.8 Å². The molecule has 1 aromatic rings. The second-order valence-corrected chi connectivity index (χ2v) is 8.16. The van der Waals surface area contributed by atoms with Crippen LogP contribution in [0.3, 0.4) is 0 Å². The number of Topliss-reactive ketones (excluding diaryl/α,β-unsaturated/α-hetero) is 1. The number of allylic oxidation sites excluding steroid dienone is 1. The van der Waals surface area contributed by atoms with Crippen molar-refractivity contribution in [1.82, 2.24) is 9.88 Å². The molecular weight excluding hydrogens is 359 g/mol. The topological polar surface area (TPSA) is 76.3 Å². The van der Waals surface area contributed by atoms with E-state index in [-0.39, 0.29) is 34.1 Å². The van der Waals surface area contributed by atoms with Crippen LogP contribution in [0.15, 0.2) is 23.9 Å². The second-order valence-electron chi connectivity index (χ2n) is 8.16. The lowest BCUT2D eigenvalue weighted by Gasteiger charge is -2.39. The van der Waals surface area contributed by atoms with Crippen molar-refractivity contribution in [1.29, 1.82) is 0 Å². The van der Waals surface area contributed by atoms with Crippen molar-refractivity contribution >= 4 is 11.7 Å². The number of aryl methyl sites for hydroxylation is 1. The number of amides is 1. The van der Waals surface area contributed by atoms with Gasteiger partial charge in [-0.2, -0.15) is 13.2 Å². The van der Waals surface area contributed by atoms with E-state index in [1.165, 1.54) is 13.0 Å². The highest BCUT2D eigenvalue weighted by Gasteiger charge is 2.48. The second kappa shape index (κ2) is 6.07. The lowest BCUT2D eigenvalue weighted by atomic mass is 9.65. The highest BCUT2D eigenvalue weighted by atomic mass is 19.4. The molecule has 1 aromatic heterocycles. The van der Waals surface area contributed by atoms with Gasteiger partial charge in [-0.15, -0.1) is 0 Å². The summed E-state index contributed by atoms with van der Waals surface area (Å²) < 4.78 is 38.3. The first kappa shape index (κ1) is 19.4. The first-order valence-corrected chi connectivity index (χ1v) is 8.72. The molecule has 2 aliphatic rings. The average molecular weight is 381 g/mol. The molecule has 1 spiro atoms. The predicted octanol–water partition coefficient (Wildman–Crippen LogP) is 3.08. The quantitative estimate of drug-likeness (QED) is 0.811. The van der Waals surface area contributed by atoms with E-state index in [9.17, 15) is 22.8 Å². The van der Waals surface area contributed by atoms with Gasteiger partial charge in [0.2, 0.25) is 0 Å². The van der Waals surface area contributed by atoms with Gasteiger partial charge in [0.25, 0.3) is 5.91 Å². The zero-order valence-corrected chi connectivity index (χ0v) is 15.5. The Morgan fingerprint density at radius 1 is 1.30 bits per heavy atom. The standard InChI is InChI=1S/C19H22F3N3O2/c1-11-12(4-5-14(24-11)19(20,21)22)16(27)25-7-6-18(10-25)8-13(23)15(26)17(2,3)9-18/h4-5,8H,6-7,9-10,23H2,1-3H3/t18-/m0/s1. The third kappa shape index (κ3) is 3.44. The van der Waals surface area contributed by atoms with Crippen LogP contribution in [0.25, 0.3) is 0 Å². The fraction of sp³-hybridized carbons (Fsp3) is 0.526. The lowest BCUT2D eigenvalue weighted by Crippen LogP contribution is -2.42. The van der Waals surface area contributed by atoms with Gasteiger partial charge in [0.15, 0.2) is 5.78 Å². The van der Waals surface area contributed by atoms with Gasteiger partial charge in [0, 0.05) is 23.9 Å². The minimum absolute atomic E-state index is 0.0463. The molecule has 0 unspecified atom stereocenters. The van der Waals surface area contributed by atoms with Gasteiger partial charge in [-0.1, -0.05) is 13.8 Å². The summed E-state index contributed by atoms with van der Waals surface area (Å²) in [4.78, 5) is 30.2. The summed E-state index contributed by atoms with van der Waals surface area (Å²) in [5.41, 5.74) is 4.32. The van der Waals surface area contributed by atoms with E-state index in [4.69, 9.17) is 5.73 Å². The van der Waals surface area contributed by atoms with Gasteiger partial charge in [-0.3, -0.25) is 9.59 Å². The fourth-order valence-electron chi connectivity index (χ4n) is 4.24. The molecule has 1 aliphatic carbocycles. The Morgan fingerprint density at radius 2 is 1.96 bits per heavy atom. The fourth-order valence-corrected chi connectivity index (χ4v) is 4.24. The van der Waals surface area contributed by atoms with E-state index in [1.54, 1.807) is 11.0 Å². The molecule has 1 amide bonds. The monoisotopic (exact) mass is 381 g/mol. The zero-order valence-electron chi connectivity index (χ0n) is 15.5. The number of nitrogens with two attached hydrogens (primary N) is 1. The number of carbonyl (C=O) groups is 2. The number of hydrogen-bond acceptors (Lipinski definition) is 4. The Labute approximate surface area is 155 Å². The summed E-state index contributed by atoms with van der Waals surface area (Å²) in [6.45, 7) is 5.91. The van der Waals surface area contributed by atoms with E-state index < -0.39 is 17.3 Å². The Balaban J connectivity index is 1.84. The molecule has 2 N–H and O–H groups in total. The minimum atomic E-state index is -4.55. The Hall–Kier alpha value is -2.38. The summed E-state index contributed by atoms with van der Waals surface area (Å²) in [5.74, 6) is -0.451. The molecule has 2 heterocycles. The number of rotatable bonds is 1. The van der Waals surface area contributed by atoms with Crippen LogP contribution in [0.1, 0.15) is 48.4 Å². The molecule has 3 rings (SSSR count). The third-order valence-corrected chi connectivity index (χ3v) is 5.41. The Bertz CT molecular complexity index is 845. The molecule has 0 saturated carbocycles. The van der Waals surface area contributed by atoms with Crippen LogP contribution in [0, 0.1) is 17.8 Å². The van der Waals surface area contributed by atoms with Gasteiger partial charge in [-0.25, -0.2) is 4.98 Å². The van der Waals surface area contributed by atoms with Crippen molar-refractivity contribution in [3.05, 3.63) is 40.9 Å². The number of alkyl halides is 3. The molecule has 8 heteroatoms. The highest BCUT2D eigenvalue weighted by molar-refractivity contribution is 6.00. The van der Waals surface area contributed by atoms with Crippen LogP contribution >= 0.6 is 0 Å². The SMILES string of the molecule is Cc1nc(C(F)(F)F)ccc1C(=O)N1CC[C@@]2(C=C(N)C(=O)C(C)(C)C2)C1. The van der Waals surface area contributed by atoms with Gasteiger partial charge in [-0.05, 0) is 38.0 Å².